The zero-order valence-electron chi connectivity index (χ0n) is 17.9. The summed E-state index contributed by atoms with van der Waals surface area (Å²) in [4.78, 5) is 27.0. The van der Waals surface area contributed by atoms with Gasteiger partial charge in [0.15, 0.2) is 11.5 Å². The average Bonchev–Trinajstić information content (AvgIpc) is 3.46. The minimum absolute atomic E-state index is 0.00699. The van der Waals surface area contributed by atoms with Gasteiger partial charge in [-0.3, -0.25) is 10.1 Å². The van der Waals surface area contributed by atoms with Gasteiger partial charge in [0.05, 0.1) is 10.9 Å². The van der Waals surface area contributed by atoms with Crippen molar-refractivity contribution in [2.75, 3.05) is 31.0 Å². The number of urea groups is 1. The van der Waals surface area contributed by atoms with E-state index < -0.39 is 0 Å². The largest absolute Gasteiger partial charge is 0.454 e. The average molecular weight is 533 g/mol. The topological polar surface area (TPSA) is 91.9 Å². The first kappa shape index (κ1) is 22.4. The maximum absolute atomic E-state index is 12.8. The minimum atomic E-state index is -0.243. The van der Waals surface area contributed by atoms with Crippen LogP contribution >= 0.6 is 27.7 Å². The first-order chi connectivity index (χ1) is 16.0. The van der Waals surface area contributed by atoms with Crippen molar-refractivity contribution >= 4 is 45.3 Å². The smallest absolute Gasteiger partial charge is 0.321 e. The number of hydrogen-bond acceptors (Lipinski definition) is 6. The molecule has 1 spiro atoms. The lowest BCUT2D eigenvalue weighted by Gasteiger charge is -2.39. The Morgan fingerprint density at radius 2 is 1.88 bits per heavy atom. The lowest BCUT2D eigenvalue weighted by molar-refractivity contribution is -0.122. The fourth-order valence-corrected chi connectivity index (χ4v) is 5.93. The molecule has 0 aliphatic carbocycles. The Balaban J connectivity index is 1.09. The number of ether oxygens (including phenoxy) is 2. The Morgan fingerprint density at radius 3 is 2.67 bits per heavy atom. The van der Waals surface area contributed by atoms with Crippen LogP contribution in [0.3, 0.4) is 0 Å². The van der Waals surface area contributed by atoms with Gasteiger partial charge in [-0.1, -0.05) is 22.0 Å². The molecule has 8 nitrogen and oxygen atoms in total. The van der Waals surface area contributed by atoms with E-state index in [4.69, 9.17) is 9.47 Å². The van der Waals surface area contributed by atoms with Gasteiger partial charge < -0.3 is 25.0 Å². The van der Waals surface area contributed by atoms with Gasteiger partial charge in [0, 0.05) is 35.5 Å². The number of carbonyl (C=O) groups excluding carboxylic acids is 2. The van der Waals surface area contributed by atoms with Crippen LogP contribution in [0.4, 0.5) is 10.5 Å². The Kier molecular flexibility index (Phi) is 6.40. The first-order valence-electron chi connectivity index (χ1n) is 10.9. The molecule has 1 unspecified atom stereocenters. The molecule has 0 radical (unpaired) electrons. The van der Waals surface area contributed by atoms with Crippen LogP contribution in [-0.4, -0.2) is 53.4 Å². The summed E-state index contributed by atoms with van der Waals surface area (Å²) in [7, 11) is 0. The highest BCUT2D eigenvalue weighted by Gasteiger charge is 2.44. The molecule has 0 aromatic heterocycles. The third-order valence-corrected chi connectivity index (χ3v) is 8.24. The van der Waals surface area contributed by atoms with Crippen LogP contribution in [0.25, 0.3) is 0 Å². The van der Waals surface area contributed by atoms with Gasteiger partial charge >= 0.3 is 6.03 Å². The normalized spacial score (nSPS) is 20.6. The van der Waals surface area contributed by atoms with Gasteiger partial charge in [-0.25, -0.2) is 4.79 Å². The Bertz CT molecular complexity index is 1040. The number of rotatable bonds is 4. The molecule has 0 bridgehead atoms. The summed E-state index contributed by atoms with van der Waals surface area (Å²) in [5.41, 5.74) is 1.74. The molecule has 5 rings (SSSR count). The Hall–Kier alpha value is -2.43. The van der Waals surface area contributed by atoms with E-state index in [-0.39, 0.29) is 29.6 Å². The number of fused-ring (bicyclic) bond motifs is 1. The molecule has 3 N–H and O–H groups in total. The number of hydrogen-bond donors (Lipinski definition) is 3. The second-order valence-electron chi connectivity index (χ2n) is 8.33. The third kappa shape index (κ3) is 5.07. The highest BCUT2D eigenvalue weighted by Crippen LogP contribution is 2.39. The van der Waals surface area contributed by atoms with Crippen molar-refractivity contribution in [2.45, 2.75) is 30.3 Å². The molecule has 2 fully saturated rings. The number of nitrogens with zero attached hydrogens (tertiary/aromatic N) is 1. The van der Waals surface area contributed by atoms with Crippen LogP contribution in [0.2, 0.25) is 0 Å². The van der Waals surface area contributed by atoms with Gasteiger partial charge in [-0.2, -0.15) is 0 Å². The van der Waals surface area contributed by atoms with E-state index >= 15 is 0 Å². The summed E-state index contributed by atoms with van der Waals surface area (Å²) in [6.45, 7) is 1.97. The molecule has 10 heteroatoms. The standard InChI is InChI=1S/C23H25BrN4O4S/c24-16-2-4-17(5-3-16)26-22(30)28-9-7-23(8-10-28)27-18(13-33-23)21(29)25-12-15-1-6-19-20(11-15)32-14-31-19/h1-6,11,18,27H,7-10,12-14H2,(H,25,29)(H,26,30). The maximum atomic E-state index is 12.8. The molecule has 33 heavy (non-hydrogen) atoms. The van der Waals surface area contributed by atoms with Crippen molar-refractivity contribution < 1.29 is 19.1 Å². The van der Waals surface area contributed by atoms with E-state index in [1.54, 1.807) is 11.8 Å². The van der Waals surface area contributed by atoms with Crippen LogP contribution in [0.5, 0.6) is 11.5 Å². The van der Waals surface area contributed by atoms with Crippen molar-refractivity contribution in [3.63, 3.8) is 0 Å². The number of piperidine rings is 1. The lowest BCUT2D eigenvalue weighted by Crippen LogP contribution is -2.54. The Morgan fingerprint density at radius 1 is 1.12 bits per heavy atom. The van der Waals surface area contributed by atoms with E-state index in [1.807, 2.05) is 47.4 Å². The van der Waals surface area contributed by atoms with Gasteiger partial charge in [0.25, 0.3) is 0 Å². The second-order valence-corrected chi connectivity index (χ2v) is 10.7. The van der Waals surface area contributed by atoms with Crippen LogP contribution in [0, 0.1) is 0 Å². The first-order valence-corrected chi connectivity index (χ1v) is 12.7. The van der Waals surface area contributed by atoms with Crippen LogP contribution < -0.4 is 25.4 Å². The molecule has 3 aliphatic rings. The molecule has 174 valence electrons. The number of amides is 3. The SMILES string of the molecule is O=C(NCc1ccc2c(c1)OCO2)C1CSC2(CCN(C(=O)Nc3ccc(Br)cc3)CC2)N1. The zero-order chi connectivity index (χ0) is 22.8. The number of halogens is 1. The second kappa shape index (κ2) is 9.44. The third-order valence-electron chi connectivity index (χ3n) is 6.14. The molecular formula is C23H25BrN4O4S. The predicted octanol–water partition coefficient (Wildman–Crippen LogP) is 3.52. The summed E-state index contributed by atoms with van der Waals surface area (Å²) in [5.74, 6) is 2.16. The minimum Gasteiger partial charge on any atom is -0.454 e. The molecule has 3 aliphatic heterocycles. The molecule has 1 atom stereocenters. The number of likely N-dealkylation sites (tertiary alicyclic amines) is 1. The molecule has 0 saturated carbocycles. The molecular weight excluding hydrogens is 508 g/mol. The van der Waals surface area contributed by atoms with E-state index in [0.29, 0.717) is 25.4 Å². The highest BCUT2D eigenvalue weighted by atomic mass is 79.9. The van der Waals surface area contributed by atoms with Crippen molar-refractivity contribution in [3.05, 3.63) is 52.5 Å². The summed E-state index contributed by atoms with van der Waals surface area (Å²) < 4.78 is 11.7. The van der Waals surface area contributed by atoms with Crippen molar-refractivity contribution in [3.8, 4) is 11.5 Å². The summed E-state index contributed by atoms with van der Waals surface area (Å²) in [6.07, 6.45) is 1.61. The number of carbonyl (C=O) groups is 2. The summed E-state index contributed by atoms with van der Waals surface area (Å²) >= 11 is 5.19. The molecule has 2 aromatic rings. The van der Waals surface area contributed by atoms with Gasteiger partial charge in [-0.15, -0.1) is 11.8 Å². The van der Waals surface area contributed by atoms with E-state index in [1.165, 1.54) is 0 Å². The van der Waals surface area contributed by atoms with Crippen molar-refractivity contribution in [1.82, 2.24) is 15.5 Å². The molecule has 3 heterocycles. The monoisotopic (exact) mass is 532 g/mol. The van der Waals surface area contributed by atoms with Gasteiger partial charge in [0.1, 0.15) is 0 Å². The van der Waals surface area contributed by atoms with Crippen LogP contribution in [0.1, 0.15) is 18.4 Å². The maximum Gasteiger partial charge on any atom is 0.321 e. The van der Waals surface area contributed by atoms with Crippen molar-refractivity contribution in [1.29, 1.82) is 0 Å². The summed E-state index contributed by atoms with van der Waals surface area (Å²) in [6, 6.07) is 12.9. The highest BCUT2D eigenvalue weighted by molar-refractivity contribution is 9.10. The predicted molar refractivity (Wildman–Crippen MR) is 130 cm³/mol. The van der Waals surface area contributed by atoms with Crippen LogP contribution in [-0.2, 0) is 11.3 Å². The quantitative estimate of drug-likeness (QED) is 0.557. The molecule has 2 aromatic carbocycles. The number of anilines is 1. The van der Waals surface area contributed by atoms with E-state index in [0.717, 1.165) is 40.1 Å². The fraction of sp³-hybridized carbons (Fsp3) is 0.391. The lowest BCUT2D eigenvalue weighted by atomic mass is 10.0. The Labute approximate surface area is 204 Å². The number of thioether (sulfide) groups is 1. The van der Waals surface area contributed by atoms with E-state index in [9.17, 15) is 9.59 Å². The number of nitrogens with one attached hydrogen (secondary N) is 3. The van der Waals surface area contributed by atoms with E-state index in [2.05, 4.69) is 31.9 Å². The molecule has 2 saturated heterocycles. The zero-order valence-corrected chi connectivity index (χ0v) is 20.3. The van der Waals surface area contributed by atoms with Crippen molar-refractivity contribution in [2.24, 2.45) is 0 Å². The fourth-order valence-electron chi connectivity index (χ4n) is 4.24. The summed E-state index contributed by atoms with van der Waals surface area (Å²) in [5, 5.41) is 9.52. The molecule has 3 amide bonds. The van der Waals surface area contributed by atoms with Gasteiger partial charge in [0.2, 0.25) is 12.7 Å². The number of benzene rings is 2. The van der Waals surface area contributed by atoms with Gasteiger partial charge in [-0.05, 0) is 54.8 Å². The van der Waals surface area contributed by atoms with Crippen LogP contribution in [0.15, 0.2) is 46.9 Å².